The van der Waals surface area contributed by atoms with E-state index >= 15 is 0 Å². The van der Waals surface area contributed by atoms with Gasteiger partial charge in [-0.25, -0.2) is 31.3 Å². The van der Waals surface area contributed by atoms with Gasteiger partial charge in [0, 0.05) is 43.1 Å². The van der Waals surface area contributed by atoms with E-state index in [1.165, 1.54) is 0 Å². The molecular formula is C15H14F6N6S. The van der Waals surface area contributed by atoms with Crippen LogP contribution in [0, 0.1) is 0 Å². The zero-order valence-electron chi connectivity index (χ0n) is 14.1. The summed E-state index contributed by atoms with van der Waals surface area (Å²) in [6.07, 6.45) is -4.33. The van der Waals surface area contributed by atoms with Crippen LogP contribution in [-0.4, -0.2) is 43.9 Å². The lowest BCUT2D eigenvalue weighted by Crippen LogP contribution is -2.45. The average molecular weight is 424 g/mol. The third-order valence-corrected chi connectivity index (χ3v) is 5.28. The van der Waals surface area contributed by atoms with Crippen molar-refractivity contribution < 1.29 is 26.3 Å². The molecule has 28 heavy (non-hydrogen) atoms. The first-order valence-corrected chi connectivity index (χ1v) is 9.25. The molecule has 4 rings (SSSR count). The Kier molecular flexibility index (Phi) is 4.59. The maximum absolute atomic E-state index is 13.0. The van der Waals surface area contributed by atoms with E-state index in [2.05, 4.69) is 30.6 Å². The smallest absolute Gasteiger partial charge is 0.281 e. The maximum atomic E-state index is 13.0. The quantitative estimate of drug-likeness (QED) is 0.672. The van der Waals surface area contributed by atoms with E-state index in [-0.39, 0.29) is 22.7 Å². The zero-order chi connectivity index (χ0) is 20.1. The van der Waals surface area contributed by atoms with Crippen molar-refractivity contribution in [1.29, 1.82) is 0 Å². The summed E-state index contributed by atoms with van der Waals surface area (Å²) in [5.74, 6) is -5.66. The highest BCUT2D eigenvalue weighted by Gasteiger charge is 2.46. The molecule has 2 saturated carbocycles. The standard InChI is InChI=1S/C15H14F6N6S/c16-9(17)8-5-28-11(24-8)10-25-12(22-6-1-14(18,19)2-6)27-13(26-10)23-7-3-15(20,21)4-7/h5-7,9H,1-4H2,(H2,22,23,25,26,27). The minimum absolute atomic E-state index is 0.0472. The summed E-state index contributed by atoms with van der Waals surface area (Å²) >= 11 is 0.886. The second-order valence-corrected chi connectivity index (χ2v) is 7.75. The highest BCUT2D eigenvalue weighted by molar-refractivity contribution is 7.13. The second kappa shape index (κ2) is 6.71. The largest absolute Gasteiger partial charge is 0.351 e. The Hall–Kier alpha value is -2.18. The van der Waals surface area contributed by atoms with Crippen molar-refractivity contribution >= 4 is 23.2 Å². The Morgan fingerprint density at radius 3 is 1.75 bits per heavy atom. The molecule has 0 saturated heterocycles. The van der Waals surface area contributed by atoms with Gasteiger partial charge >= 0.3 is 0 Å². The van der Waals surface area contributed by atoms with E-state index in [9.17, 15) is 26.3 Å². The summed E-state index contributed by atoms with van der Waals surface area (Å²) in [4.78, 5) is 15.9. The summed E-state index contributed by atoms with van der Waals surface area (Å²) in [5.41, 5.74) is -0.443. The van der Waals surface area contributed by atoms with Crippen LogP contribution in [0.4, 0.5) is 38.2 Å². The lowest BCUT2D eigenvalue weighted by molar-refractivity contribution is -0.0799. The van der Waals surface area contributed by atoms with Crippen LogP contribution in [0.2, 0.25) is 0 Å². The molecule has 2 fully saturated rings. The fraction of sp³-hybridized carbons (Fsp3) is 0.600. The number of anilines is 2. The van der Waals surface area contributed by atoms with Gasteiger partial charge in [0.25, 0.3) is 18.3 Å². The predicted octanol–water partition coefficient (Wildman–Crippen LogP) is 4.35. The number of hydrogen-bond donors (Lipinski definition) is 2. The number of alkyl halides is 6. The fourth-order valence-electron chi connectivity index (χ4n) is 2.98. The Bertz CT molecular complexity index is 814. The summed E-state index contributed by atoms with van der Waals surface area (Å²) in [6, 6.07) is -1.11. The molecule has 0 bridgehead atoms. The molecule has 2 heterocycles. The Balaban J connectivity index is 1.56. The van der Waals surface area contributed by atoms with E-state index in [4.69, 9.17) is 0 Å². The van der Waals surface area contributed by atoms with Gasteiger partial charge in [-0.3, -0.25) is 0 Å². The second-order valence-electron chi connectivity index (χ2n) is 6.90. The fourth-order valence-corrected chi connectivity index (χ4v) is 3.72. The van der Waals surface area contributed by atoms with Crippen LogP contribution in [0.5, 0.6) is 0 Å². The lowest BCUT2D eigenvalue weighted by atomic mass is 9.88. The van der Waals surface area contributed by atoms with Crippen LogP contribution in [0.15, 0.2) is 5.38 Å². The number of nitrogens with zero attached hydrogens (tertiary/aromatic N) is 4. The summed E-state index contributed by atoms with van der Waals surface area (Å²) in [7, 11) is 0. The first-order chi connectivity index (χ1) is 13.1. The van der Waals surface area contributed by atoms with Crippen molar-refractivity contribution in [2.45, 2.75) is 56.0 Å². The molecule has 0 aliphatic heterocycles. The molecule has 2 N–H and O–H groups in total. The Morgan fingerprint density at radius 2 is 1.36 bits per heavy atom. The highest BCUT2D eigenvalue weighted by Crippen LogP contribution is 2.40. The van der Waals surface area contributed by atoms with Crippen molar-refractivity contribution in [3.63, 3.8) is 0 Å². The van der Waals surface area contributed by atoms with Crippen molar-refractivity contribution in [2.75, 3.05) is 10.6 Å². The van der Waals surface area contributed by atoms with Crippen molar-refractivity contribution in [1.82, 2.24) is 19.9 Å². The van der Waals surface area contributed by atoms with Gasteiger partial charge < -0.3 is 10.6 Å². The number of aromatic nitrogens is 4. The van der Waals surface area contributed by atoms with Gasteiger partial charge in [-0.15, -0.1) is 11.3 Å². The lowest BCUT2D eigenvalue weighted by Gasteiger charge is -2.36. The molecule has 152 valence electrons. The molecule has 0 radical (unpaired) electrons. The first-order valence-electron chi connectivity index (χ1n) is 8.37. The molecular weight excluding hydrogens is 410 g/mol. The minimum Gasteiger partial charge on any atom is -0.351 e. The molecule has 0 unspecified atom stereocenters. The molecule has 2 aliphatic carbocycles. The third-order valence-electron chi connectivity index (χ3n) is 4.42. The minimum atomic E-state index is -2.77. The van der Waals surface area contributed by atoms with Crippen LogP contribution in [0.3, 0.4) is 0 Å². The number of nitrogens with one attached hydrogen (secondary N) is 2. The normalized spacial score (nSPS) is 21.2. The zero-order valence-corrected chi connectivity index (χ0v) is 14.9. The van der Waals surface area contributed by atoms with Gasteiger partial charge in [0.1, 0.15) is 5.69 Å². The summed E-state index contributed by atoms with van der Waals surface area (Å²) < 4.78 is 77.7. The average Bonchev–Trinajstić information content (AvgIpc) is 3.01. The van der Waals surface area contributed by atoms with Crippen molar-refractivity contribution in [3.05, 3.63) is 11.1 Å². The molecule has 2 aromatic rings. The van der Waals surface area contributed by atoms with Crippen LogP contribution >= 0.6 is 11.3 Å². The molecule has 0 amide bonds. The molecule has 0 atom stereocenters. The SMILES string of the molecule is FC(F)c1csc(-c2nc(NC3CC(F)(F)C3)nc(NC3CC(F)(F)C3)n2)n1. The van der Waals surface area contributed by atoms with Gasteiger partial charge in [-0.1, -0.05) is 0 Å². The number of rotatable bonds is 6. The topological polar surface area (TPSA) is 75.6 Å². The summed E-state index contributed by atoms with van der Waals surface area (Å²) in [5, 5.41) is 6.72. The van der Waals surface area contributed by atoms with Crippen LogP contribution in [-0.2, 0) is 0 Å². The first kappa shape index (κ1) is 19.2. The van der Waals surface area contributed by atoms with Gasteiger partial charge in [0.2, 0.25) is 11.9 Å². The molecule has 6 nitrogen and oxygen atoms in total. The summed E-state index contributed by atoms with van der Waals surface area (Å²) in [6.45, 7) is 0. The van der Waals surface area contributed by atoms with Gasteiger partial charge in [0.05, 0.1) is 0 Å². The molecule has 0 spiro atoms. The Labute approximate surface area is 158 Å². The number of hydrogen-bond acceptors (Lipinski definition) is 7. The molecule has 13 heteroatoms. The third kappa shape index (κ3) is 4.13. The maximum Gasteiger partial charge on any atom is 0.281 e. The van der Waals surface area contributed by atoms with E-state index in [1.54, 1.807) is 0 Å². The van der Waals surface area contributed by atoms with E-state index < -0.39 is 61.7 Å². The number of halogens is 6. The van der Waals surface area contributed by atoms with E-state index in [1.807, 2.05) is 0 Å². The van der Waals surface area contributed by atoms with E-state index in [0.717, 1.165) is 16.7 Å². The van der Waals surface area contributed by atoms with Gasteiger partial charge in [-0.2, -0.15) is 15.0 Å². The van der Waals surface area contributed by atoms with Gasteiger partial charge in [-0.05, 0) is 0 Å². The predicted molar refractivity (Wildman–Crippen MR) is 89.1 cm³/mol. The van der Waals surface area contributed by atoms with Crippen LogP contribution < -0.4 is 10.6 Å². The monoisotopic (exact) mass is 424 g/mol. The molecule has 2 aliphatic rings. The molecule has 2 aromatic heterocycles. The van der Waals surface area contributed by atoms with Crippen LogP contribution in [0.25, 0.3) is 10.8 Å². The van der Waals surface area contributed by atoms with Crippen molar-refractivity contribution in [2.24, 2.45) is 0 Å². The number of thiazole rings is 1. The Morgan fingerprint density at radius 1 is 0.857 bits per heavy atom. The highest BCUT2D eigenvalue weighted by atomic mass is 32.1. The van der Waals surface area contributed by atoms with Crippen molar-refractivity contribution in [3.8, 4) is 10.8 Å². The van der Waals surface area contributed by atoms with Gasteiger partial charge in [0.15, 0.2) is 10.8 Å². The molecule has 0 aromatic carbocycles. The van der Waals surface area contributed by atoms with Crippen LogP contribution in [0.1, 0.15) is 37.8 Å². The van der Waals surface area contributed by atoms with E-state index in [0.29, 0.717) is 0 Å².